The van der Waals surface area contributed by atoms with Crippen LogP contribution in [-0.4, -0.2) is 16.1 Å². The largest absolute Gasteiger partial charge is 0.478 e. The second-order valence-electron chi connectivity index (χ2n) is 3.22. The molecule has 0 aromatic carbocycles. The first kappa shape index (κ1) is 14.3. The van der Waals surface area contributed by atoms with Crippen molar-refractivity contribution in [2.24, 2.45) is 5.73 Å². The highest BCUT2D eigenvalue weighted by Gasteiger charge is 2.41. The Morgan fingerprint density at radius 3 is 2.33 bits per heavy atom. The average molecular weight is 270 g/mol. The third-order valence-electron chi connectivity index (χ3n) is 2.11. The van der Waals surface area contributed by atoms with Gasteiger partial charge in [-0.15, -0.1) is 0 Å². The van der Waals surface area contributed by atoms with Crippen LogP contribution in [-0.2, 0) is 12.7 Å². The smallest absolute Gasteiger partial charge is 0.419 e. The Morgan fingerprint density at radius 1 is 1.44 bits per heavy atom. The minimum absolute atomic E-state index is 0.394. The standard InChI is InChI=1S/C9H7F5N2O2/c10-7(11)3-2-16-4(1-15)6(9(12,13)14)5(3)8(17)18/h2,7H,1,15H2,(H,17,18). The number of rotatable bonds is 3. The van der Waals surface area contributed by atoms with Crippen molar-refractivity contribution in [1.29, 1.82) is 0 Å². The normalized spacial score (nSPS) is 11.9. The van der Waals surface area contributed by atoms with E-state index in [0.717, 1.165) is 0 Å². The first-order chi connectivity index (χ1) is 8.20. The molecule has 0 saturated heterocycles. The fourth-order valence-electron chi connectivity index (χ4n) is 1.42. The van der Waals surface area contributed by atoms with Crippen LogP contribution in [0.1, 0.15) is 33.6 Å². The summed E-state index contributed by atoms with van der Waals surface area (Å²) in [5, 5.41) is 8.68. The number of alkyl halides is 5. The highest BCUT2D eigenvalue weighted by molar-refractivity contribution is 5.91. The molecule has 18 heavy (non-hydrogen) atoms. The van der Waals surface area contributed by atoms with Crippen molar-refractivity contribution in [3.05, 3.63) is 28.6 Å². The summed E-state index contributed by atoms with van der Waals surface area (Å²) in [5.41, 5.74) is -0.306. The lowest BCUT2D eigenvalue weighted by molar-refractivity contribution is -0.139. The second kappa shape index (κ2) is 4.84. The Balaban J connectivity index is 3.71. The molecular weight excluding hydrogens is 263 g/mol. The minimum Gasteiger partial charge on any atom is -0.478 e. The first-order valence-corrected chi connectivity index (χ1v) is 4.50. The summed E-state index contributed by atoms with van der Waals surface area (Å²) in [5.74, 6) is -2.10. The van der Waals surface area contributed by atoms with E-state index in [1.165, 1.54) is 0 Å². The van der Waals surface area contributed by atoms with Crippen molar-refractivity contribution in [3.63, 3.8) is 0 Å². The number of hydrogen-bond donors (Lipinski definition) is 2. The van der Waals surface area contributed by atoms with Gasteiger partial charge in [-0.25, -0.2) is 13.6 Å². The summed E-state index contributed by atoms with van der Waals surface area (Å²) in [4.78, 5) is 13.9. The number of carbonyl (C=O) groups is 1. The molecule has 0 fully saturated rings. The summed E-state index contributed by atoms with van der Waals surface area (Å²) < 4.78 is 63.1. The zero-order valence-corrected chi connectivity index (χ0v) is 8.63. The van der Waals surface area contributed by atoms with Gasteiger partial charge in [0.2, 0.25) is 0 Å². The van der Waals surface area contributed by atoms with Gasteiger partial charge in [-0.05, 0) is 0 Å². The fourth-order valence-corrected chi connectivity index (χ4v) is 1.42. The van der Waals surface area contributed by atoms with Crippen molar-refractivity contribution in [2.75, 3.05) is 0 Å². The van der Waals surface area contributed by atoms with Gasteiger partial charge in [0.25, 0.3) is 6.43 Å². The zero-order valence-electron chi connectivity index (χ0n) is 8.63. The molecule has 0 spiro atoms. The van der Waals surface area contributed by atoms with Crippen LogP contribution in [0.25, 0.3) is 0 Å². The molecule has 9 heteroatoms. The topological polar surface area (TPSA) is 76.2 Å². The van der Waals surface area contributed by atoms with E-state index in [-0.39, 0.29) is 0 Å². The van der Waals surface area contributed by atoms with Crippen molar-refractivity contribution in [2.45, 2.75) is 19.1 Å². The molecule has 4 nitrogen and oxygen atoms in total. The van der Waals surface area contributed by atoms with Gasteiger partial charge < -0.3 is 10.8 Å². The molecule has 1 rings (SSSR count). The van der Waals surface area contributed by atoms with E-state index >= 15 is 0 Å². The molecule has 0 aliphatic carbocycles. The Hall–Kier alpha value is -1.77. The Kier molecular flexibility index (Phi) is 3.85. The number of aromatic nitrogens is 1. The van der Waals surface area contributed by atoms with Crippen molar-refractivity contribution in [1.82, 2.24) is 4.98 Å². The highest BCUT2D eigenvalue weighted by Crippen LogP contribution is 2.37. The van der Waals surface area contributed by atoms with Gasteiger partial charge in [0, 0.05) is 12.7 Å². The zero-order chi connectivity index (χ0) is 14.1. The molecule has 3 N–H and O–H groups in total. The lowest BCUT2D eigenvalue weighted by atomic mass is 10.0. The molecule has 0 aliphatic heterocycles. The minimum atomic E-state index is -5.12. The van der Waals surface area contributed by atoms with Crippen LogP contribution in [0.4, 0.5) is 22.0 Å². The lowest BCUT2D eigenvalue weighted by Gasteiger charge is -2.16. The number of pyridine rings is 1. The van der Waals surface area contributed by atoms with Crippen LogP contribution in [0.3, 0.4) is 0 Å². The molecule has 0 saturated carbocycles. The van der Waals surface area contributed by atoms with E-state index < -0.39 is 47.5 Å². The van der Waals surface area contributed by atoms with Crippen molar-refractivity contribution < 1.29 is 31.9 Å². The first-order valence-electron chi connectivity index (χ1n) is 4.50. The van der Waals surface area contributed by atoms with E-state index in [4.69, 9.17) is 10.8 Å². The van der Waals surface area contributed by atoms with Gasteiger partial charge in [0.05, 0.1) is 22.4 Å². The maximum Gasteiger partial charge on any atom is 0.419 e. The summed E-state index contributed by atoms with van der Waals surface area (Å²) in [6, 6.07) is 0. The van der Waals surface area contributed by atoms with Crippen molar-refractivity contribution in [3.8, 4) is 0 Å². The van der Waals surface area contributed by atoms with E-state index in [2.05, 4.69) is 4.98 Å². The number of nitrogens with two attached hydrogens (primary N) is 1. The molecule has 1 heterocycles. The average Bonchev–Trinajstić information content (AvgIpc) is 2.25. The van der Waals surface area contributed by atoms with Gasteiger partial charge in [-0.2, -0.15) is 13.2 Å². The van der Waals surface area contributed by atoms with E-state index in [9.17, 15) is 26.7 Å². The molecule has 1 aromatic heterocycles. The van der Waals surface area contributed by atoms with Gasteiger partial charge in [-0.1, -0.05) is 0 Å². The predicted octanol–water partition coefficient (Wildman–Crippen LogP) is 2.19. The fraction of sp³-hybridized carbons (Fsp3) is 0.333. The molecule has 0 amide bonds. The van der Waals surface area contributed by atoms with Crippen LogP contribution in [0.15, 0.2) is 6.20 Å². The number of carboxylic acids is 1. The van der Waals surface area contributed by atoms with E-state index in [1.807, 2.05) is 0 Å². The SMILES string of the molecule is NCc1ncc(C(F)F)c(C(=O)O)c1C(F)(F)F. The number of halogens is 5. The van der Waals surface area contributed by atoms with Gasteiger partial charge >= 0.3 is 12.1 Å². The van der Waals surface area contributed by atoms with E-state index in [1.54, 1.807) is 0 Å². The third-order valence-corrected chi connectivity index (χ3v) is 2.11. The number of nitrogens with zero attached hydrogens (tertiary/aromatic N) is 1. The predicted molar refractivity (Wildman–Crippen MR) is 49.0 cm³/mol. The molecule has 0 unspecified atom stereocenters. The highest BCUT2D eigenvalue weighted by atomic mass is 19.4. The third kappa shape index (κ3) is 2.55. The van der Waals surface area contributed by atoms with Gasteiger partial charge in [0.15, 0.2) is 0 Å². The van der Waals surface area contributed by atoms with Crippen LogP contribution in [0.5, 0.6) is 0 Å². The lowest BCUT2D eigenvalue weighted by Crippen LogP contribution is -2.21. The molecular formula is C9H7F5N2O2. The summed E-state index contributed by atoms with van der Waals surface area (Å²) in [7, 11) is 0. The Bertz CT molecular complexity index is 473. The number of hydrogen-bond acceptors (Lipinski definition) is 3. The summed E-state index contributed by atoms with van der Waals surface area (Å²) >= 11 is 0. The van der Waals surface area contributed by atoms with E-state index in [0.29, 0.717) is 6.20 Å². The van der Waals surface area contributed by atoms with Crippen LogP contribution in [0.2, 0.25) is 0 Å². The number of aromatic carboxylic acids is 1. The second-order valence-corrected chi connectivity index (χ2v) is 3.22. The monoisotopic (exact) mass is 270 g/mol. The van der Waals surface area contributed by atoms with Gasteiger partial charge in [0.1, 0.15) is 0 Å². The Labute approximate surface area is 97.2 Å². The molecule has 0 atom stereocenters. The Morgan fingerprint density at radius 2 is 2.00 bits per heavy atom. The van der Waals surface area contributed by atoms with Crippen LogP contribution in [0, 0.1) is 0 Å². The van der Waals surface area contributed by atoms with Crippen LogP contribution < -0.4 is 5.73 Å². The quantitative estimate of drug-likeness (QED) is 0.825. The molecule has 100 valence electrons. The molecule has 1 aromatic rings. The summed E-state index contributed by atoms with van der Waals surface area (Å²) in [6.45, 7) is -0.710. The van der Waals surface area contributed by atoms with Crippen LogP contribution >= 0.6 is 0 Å². The van der Waals surface area contributed by atoms with Gasteiger partial charge in [-0.3, -0.25) is 4.98 Å². The van der Waals surface area contributed by atoms with Crippen molar-refractivity contribution >= 4 is 5.97 Å². The summed E-state index contributed by atoms with van der Waals surface area (Å²) in [6.07, 6.45) is -8.11. The molecule has 0 aliphatic rings. The number of carboxylic acid groups (broad SMARTS) is 1. The molecule has 0 bridgehead atoms. The molecule has 0 radical (unpaired) electrons. The maximum atomic E-state index is 12.7. The maximum absolute atomic E-state index is 12.7.